The van der Waals surface area contributed by atoms with Gasteiger partial charge in [0.05, 0.1) is 23.7 Å². The molecule has 9 heteroatoms. The number of nitrogens with zero attached hydrogens (tertiary/aromatic N) is 2. The van der Waals surface area contributed by atoms with Crippen molar-refractivity contribution in [1.82, 2.24) is 14.6 Å². The number of hydrogen-bond acceptors (Lipinski definition) is 6. The fourth-order valence-electron chi connectivity index (χ4n) is 3.63. The molecule has 0 saturated carbocycles. The number of amides is 1. The molecule has 0 aliphatic carbocycles. The standard InChI is InChI=1S/C25H27N3O4S2/c1-18-9-10-21(16-19(18)2)33-25-22(7-5-11-26-25)24(29)27-17-20-6-3-4-8-23(20)34(30,31)28-12-14-32-15-13-28/h3-11,16H,12-15,17H2,1-2H3,(H,27,29). The smallest absolute Gasteiger partial charge is 0.254 e. The van der Waals surface area contributed by atoms with Gasteiger partial charge in [-0.05, 0) is 60.9 Å². The van der Waals surface area contributed by atoms with E-state index in [2.05, 4.69) is 23.3 Å². The molecule has 34 heavy (non-hydrogen) atoms. The highest BCUT2D eigenvalue weighted by Gasteiger charge is 2.28. The molecule has 178 valence electrons. The Bertz CT molecular complexity index is 1290. The number of morpholine rings is 1. The number of nitrogens with one attached hydrogen (secondary N) is 1. The van der Waals surface area contributed by atoms with E-state index in [1.807, 2.05) is 19.1 Å². The molecule has 1 fully saturated rings. The maximum Gasteiger partial charge on any atom is 0.254 e. The molecular weight excluding hydrogens is 470 g/mol. The number of ether oxygens (including phenoxy) is 1. The topological polar surface area (TPSA) is 88.6 Å². The van der Waals surface area contributed by atoms with E-state index in [0.29, 0.717) is 42.5 Å². The molecule has 0 spiro atoms. The molecule has 0 unspecified atom stereocenters. The molecule has 1 aromatic heterocycles. The van der Waals surface area contributed by atoms with E-state index >= 15 is 0 Å². The van der Waals surface area contributed by atoms with Crippen LogP contribution >= 0.6 is 11.8 Å². The number of carbonyl (C=O) groups is 1. The Labute approximate surface area is 204 Å². The van der Waals surface area contributed by atoms with Crippen LogP contribution in [0.2, 0.25) is 0 Å². The number of pyridine rings is 1. The lowest BCUT2D eigenvalue weighted by atomic mass is 10.1. The summed E-state index contributed by atoms with van der Waals surface area (Å²) in [6, 6.07) is 16.3. The van der Waals surface area contributed by atoms with Crippen LogP contribution in [-0.4, -0.2) is 49.9 Å². The number of aryl methyl sites for hydroxylation is 2. The number of carbonyl (C=O) groups excluding carboxylic acids is 1. The summed E-state index contributed by atoms with van der Waals surface area (Å²) in [5, 5.41) is 3.47. The van der Waals surface area contributed by atoms with Gasteiger partial charge in [0, 0.05) is 30.7 Å². The quantitative estimate of drug-likeness (QED) is 0.534. The number of sulfonamides is 1. The summed E-state index contributed by atoms with van der Waals surface area (Å²) in [5.41, 5.74) is 3.35. The molecule has 1 saturated heterocycles. The van der Waals surface area contributed by atoms with Gasteiger partial charge in [-0.3, -0.25) is 4.79 Å². The van der Waals surface area contributed by atoms with Crippen molar-refractivity contribution in [1.29, 1.82) is 0 Å². The van der Waals surface area contributed by atoms with E-state index in [1.165, 1.54) is 27.2 Å². The van der Waals surface area contributed by atoms with E-state index in [4.69, 9.17) is 4.74 Å². The molecule has 0 atom stereocenters. The van der Waals surface area contributed by atoms with Gasteiger partial charge in [0.25, 0.3) is 5.91 Å². The Hall–Kier alpha value is -2.72. The van der Waals surface area contributed by atoms with Gasteiger partial charge < -0.3 is 10.1 Å². The second-order valence-corrected chi connectivity index (χ2v) is 11.0. The first kappa shape index (κ1) is 24.4. The van der Waals surface area contributed by atoms with E-state index in [1.54, 1.807) is 42.6 Å². The molecular formula is C25H27N3O4S2. The van der Waals surface area contributed by atoms with Crippen molar-refractivity contribution in [2.45, 2.75) is 35.2 Å². The van der Waals surface area contributed by atoms with E-state index in [-0.39, 0.29) is 17.3 Å². The van der Waals surface area contributed by atoms with Crippen LogP contribution in [0.4, 0.5) is 0 Å². The minimum absolute atomic E-state index is 0.0845. The molecule has 0 bridgehead atoms. The Morgan fingerprint density at radius 2 is 1.82 bits per heavy atom. The second-order valence-electron chi connectivity index (χ2n) is 8.01. The van der Waals surface area contributed by atoms with E-state index in [9.17, 15) is 13.2 Å². The average molecular weight is 498 g/mol. The molecule has 1 N–H and O–H groups in total. The van der Waals surface area contributed by atoms with Crippen LogP contribution < -0.4 is 5.32 Å². The molecule has 1 amide bonds. The van der Waals surface area contributed by atoms with Crippen molar-refractivity contribution < 1.29 is 17.9 Å². The van der Waals surface area contributed by atoms with Crippen molar-refractivity contribution in [2.24, 2.45) is 0 Å². The van der Waals surface area contributed by atoms with Crippen molar-refractivity contribution in [2.75, 3.05) is 26.3 Å². The summed E-state index contributed by atoms with van der Waals surface area (Å²) >= 11 is 1.43. The fourth-order valence-corrected chi connectivity index (χ4v) is 6.24. The Kier molecular flexibility index (Phi) is 7.67. The Morgan fingerprint density at radius 3 is 2.59 bits per heavy atom. The number of hydrogen-bond donors (Lipinski definition) is 1. The highest BCUT2D eigenvalue weighted by atomic mass is 32.2. The summed E-state index contributed by atoms with van der Waals surface area (Å²) in [6.45, 7) is 5.57. The zero-order valence-electron chi connectivity index (χ0n) is 19.2. The molecule has 4 rings (SSSR count). The first-order valence-electron chi connectivity index (χ1n) is 11.0. The first-order chi connectivity index (χ1) is 16.4. The lowest BCUT2D eigenvalue weighted by Gasteiger charge is -2.27. The van der Waals surface area contributed by atoms with Crippen molar-refractivity contribution in [3.63, 3.8) is 0 Å². The molecule has 7 nitrogen and oxygen atoms in total. The van der Waals surface area contributed by atoms with Crippen LogP contribution in [0.5, 0.6) is 0 Å². The summed E-state index contributed by atoms with van der Waals surface area (Å²) in [4.78, 5) is 18.7. The Balaban J connectivity index is 1.52. The van der Waals surface area contributed by atoms with Gasteiger partial charge in [0.15, 0.2) is 0 Å². The SMILES string of the molecule is Cc1ccc(Sc2ncccc2C(=O)NCc2ccccc2S(=O)(=O)N2CCOCC2)cc1C. The van der Waals surface area contributed by atoms with Crippen LogP contribution in [-0.2, 0) is 21.3 Å². The van der Waals surface area contributed by atoms with Gasteiger partial charge in [0.2, 0.25) is 10.0 Å². The van der Waals surface area contributed by atoms with Gasteiger partial charge >= 0.3 is 0 Å². The largest absolute Gasteiger partial charge is 0.379 e. The third kappa shape index (κ3) is 5.50. The zero-order valence-corrected chi connectivity index (χ0v) is 20.8. The van der Waals surface area contributed by atoms with Crippen LogP contribution in [0.25, 0.3) is 0 Å². The number of rotatable bonds is 7. The normalized spacial score (nSPS) is 14.6. The molecule has 1 aliphatic heterocycles. The highest BCUT2D eigenvalue weighted by Crippen LogP contribution is 2.30. The van der Waals surface area contributed by atoms with E-state index < -0.39 is 10.0 Å². The average Bonchev–Trinajstić information content (AvgIpc) is 2.86. The maximum atomic E-state index is 13.2. The Morgan fingerprint density at radius 1 is 1.06 bits per heavy atom. The maximum absolute atomic E-state index is 13.2. The summed E-state index contributed by atoms with van der Waals surface area (Å²) in [6.07, 6.45) is 1.66. The molecule has 2 heterocycles. The molecule has 2 aromatic carbocycles. The first-order valence-corrected chi connectivity index (χ1v) is 13.3. The van der Waals surface area contributed by atoms with Gasteiger partial charge in [-0.15, -0.1) is 0 Å². The lowest BCUT2D eigenvalue weighted by molar-refractivity contribution is 0.0730. The van der Waals surface area contributed by atoms with Crippen LogP contribution in [0.15, 0.2) is 75.6 Å². The van der Waals surface area contributed by atoms with Gasteiger partial charge in [0.1, 0.15) is 5.03 Å². The predicted octanol–water partition coefficient (Wildman–Crippen LogP) is 3.80. The molecule has 1 aliphatic rings. The van der Waals surface area contributed by atoms with Crippen molar-refractivity contribution in [3.8, 4) is 0 Å². The lowest BCUT2D eigenvalue weighted by Crippen LogP contribution is -2.41. The molecule has 3 aromatic rings. The minimum atomic E-state index is -3.68. The van der Waals surface area contributed by atoms with Gasteiger partial charge in [-0.1, -0.05) is 36.0 Å². The second kappa shape index (κ2) is 10.7. The predicted molar refractivity (Wildman–Crippen MR) is 131 cm³/mol. The highest BCUT2D eigenvalue weighted by molar-refractivity contribution is 7.99. The van der Waals surface area contributed by atoms with E-state index in [0.717, 1.165) is 4.90 Å². The summed E-state index contributed by atoms with van der Waals surface area (Å²) in [7, 11) is -3.68. The third-order valence-corrected chi connectivity index (χ3v) is 8.72. The van der Waals surface area contributed by atoms with Crippen LogP contribution in [0.1, 0.15) is 27.0 Å². The van der Waals surface area contributed by atoms with Crippen molar-refractivity contribution >= 4 is 27.7 Å². The number of benzene rings is 2. The van der Waals surface area contributed by atoms with Crippen LogP contribution in [0.3, 0.4) is 0 Å². The summed E-state index contributed by atoms with van der Waals surface area (Å²) < 4.78 is 33.1. The zero-order chi connectivity index (χ0) is 24.1. The molecule has 0 radical (unpaired) electrons. The fraction of sp³-hybridized carbons (Fsp3) is 0.280. The van der Waals surface area contributed by atoms with Crippen molar-refractivity contribution in [3.05, 3.63) is 83.0 Å². The summed E-state index contributed by atoms with van der Waals surface area (Å²) in [5.74, 6) is -0.307. The number of aromatic nitrogens is 1. The van der Waals surface area contributed by atoms with Gasteiger partial charge in [-0.2, -0.15) is 4.31 Å². The van der Waals surface area contributed by atoms with Gasteiger partial charge in [-0.25, -0.2) is 13.4 Å². The minimum Gasteiger partial charge on any atom is -0.379 e. The van der Waals surface area contributed by atoms with Crippen LogP contribution in [0, 0.1) is 13.8 Å². The third-order valence-electron chi connectivity index (χ3n) is 5.71. The monoisotopic (exact) mass is 497 g/mol.